The molecule has 0 bridgehead atoms. The lowest BCUT2D eigenvalue weighted by Gasteiger charge is -2.37. The van der Waals surface area contributed by atoms with E-state index in [9.17, 15) is 0 Å². The van der Waals surface area contributed by atoms with Crippen LogP contribution in [0.1, 0.15) is 29.3 Å². The Hall–Kier alpha value is -3.33. The Balaban J connectivity index is 1.97. The van der Waals surface area contributed by atoms with E-state index in [1.165, 1.54) is 16.7 Å². The van der Waals surface area contributed by atoms with Gasteiger partial charge in [-0.2, -0.15) is 5.10 Å². The van der Waals surface area contributed by atoms with Crippen molar-refractivity contribution in [2.75, 3.05) is 5.32 Å². The standard InChI is InChI=1S/C24H23N3/c1-2-22-18-23(27-26-22)25-24(19-12-6-3-7-13-19,20-14-8-4-9-15-20)21-16-10-5-11-17-21/h3-18H,2H2,1H3,(H2,25,26,27). The number of nitrogens with zero attached hydrogens (tertiary/aromatic N) is 1. The summed E-state index contributed by atoms with van der Waals surface area (Å²) < 4.78 is 0. The number of aryl methyl sites for hydroxylation is 1. The van der Waals surface area contributed by atoms with Crippen LogP contribution in [0.2, 0.25) is 0 Å². The molecule has 0 saturated heterocycles. The Bertz CT molecular complexity index is 879. The van der Waals surface area contributed by atoms with E-state index in [1.807, 2.05) is 18.2 Å². The highest BCUT2D eigenvalue weighted by Crippen LogP contribution is 2.39. The van der Waals surface area contributed by atoms with Crippen molar-refractivity contribution in [2.24, 2.45) is 0 Å². The van der Waals surface area contributed by atoms with Gasteiger partial charge in [-0.1, -0.05) is 97.9 Å². The largest absolute Gasteiger partial charge is 0.351 e. The molecule has 0 atom stereocenters. The van der Waals surface area contributed by atoms with Crippen molar-refractivity contribution in [3.05, 3.63) is 119 Å². The monoisotopic (exact) mass is 353 g/mol. The van der Waals surface area contributed by atoms with Gasteiger partial charge in [0.05, 0.1) is 0 Å². The maximum atomic E-state index is 4.51. The fourth-order valence-corrected chi connectivity index (χ4v) is 3.58. The van der Waals surface area contributed by atoms with Gasteiger partial charge in [0.25, 0.3) is 0 Å². The number of anilines is 1. The van der Waals surface area contributed by atoms with Crippen LogP contribution in [0.25, 0.3) is 0 Å². The summed E-state index contributed by atoms with van der Waals surface area (Å²) in [5, 5.41) is 11.4. The number of nitrogens with one attached hydrogen (secondary N) is 2. The third-order valence-electron chi connectivity index (χ3n) is 4.95. The van der Waals surface area contributed by atoms with Gasteiger partial charge in [0.15, 0.2) is 0 Å². The topological polar surface area (TPSA) is 40.7 Å². The minimum atomic E-state index is -0.538. The zero-order valence-corrected chi connectivity index (χ0v) is 15.4. The van der Waals surface area contributed by atoms with Crippen LogP contribution in [0.3, 0.4) is 0 Å². The van der Waals surface area contributed by atoms with Gasteiger partial charge in [0, 0.05) is 11.8 Å². The molecule has 27 heavy (non-hydrogen) atoms. The molecule has 0 aliphatic carbocycles. The third-order valence-corrected chi connectivity index (χ3v) is 4.95. The molecule has 2 N–H and O–H groups in total. The van der Waals surface area contributed by atoms with E-state index in [1.54, 1.807) is 0 Å². The highest BCUT2D eigenvalue weighted by molar-refractivity contribution is 5.58. The van der Waals surface area contributed by atoms with Crippen LogP contribution < -0.4 is 5.32 Å². The lowest BCUT2D eigenvalue weighted by atomic mass is 9.77. The maximum Gasteiger partial charge on any atom is 0.149 e. The first-order valence-corrected chi connectivity index (χ1v) is 9.32. The summed E-state index contributed by atoms with van der Waals surface area (Å²) in [4.78, 5) is 0. The zero-order chi connectivity index (χ0) is 18.5. The lowest BCUT2D eigenvalue weighted by molar-refractivity contribution is 0.706. The molecule has 0 aliphatic rings. The van der Waals surface area contributed by atoms with Crippen LogP contribution >= 0.6 is 0 Å². The van der Waals surface area contributed by atoms with Crippen LogP contribution in [-0.4, -0.2) is 10.2 Å². The van der Waals surface area contributed by atoms with E-state index in [4.69, 9.17) is 0 Å². The highest BCUT2D eigenvalue weighted by atomic mass is 15.2. The summed E-state index contributed by atoms with van der Waals surface area (Å²) in [7, 11) is 0. The summed E-state index contributed by atoms with van der Waals surface area (Å²) in [5.74, 6) is 0.836. The van der Waals surface area contributed by atoms with Crippen molar-refractivity contribution in [1.82, 2.24) is 10.2 Å². The average Bonchev–Trinajstić information content (AvgIpc) is 3.21. The molecule has 3 aromatic carbocycles. The molecule has 0 spiro atoms. The molecule has 134 valence electrons. The van der Waals surface area contributed by atoms with Gasteiger partial charge < -0.3 is 5.32 Å². The highest BCUT2D eigenvalue weighted by Gasteiger charge is 2.36. The second-order valence-corrected chi connectivity index (χ2v) is 6.61. The number of hydrogen-bond acceptors (Lipinski definition) is 2. The number of benzene rings is 3. The van der Waals surface area contributed by atoms with Crippen LogP contribution in [-0.2, 0) is 12.0 Å². The summed E-state index contributed by atoms with van der Waals surface area (Å²) in [6, 6.07) is 33.7. The molecule has 0 fully saturated rings. The van der Waals surface area contributed by atoms with E-state index < -0.39 is 5.54 Å². The lowest BCUT2D eigenvalue weighted by Crippen LogP contribution is -2.38. The van der Waals surface area contributed by atoms with Crippen LogP contribution in [0.4, 0.5) is 5.82 Å². The van der Waals surface area contributed by atoms with Gasteiger partial charge in [-0.15, -0.1) is 0 Å². The Morgan fingerprint density at radius 3 is 1.56 bits per heavy atom. The van der Waals surface area contributed by atoms with Crippen molar-refractivity contribution < 1.29 is 0 Å². The number of aromatic nitrogens is 2. The molecule has 3 heteroatoms. The smallest absolute Gasteiger partial charge is 0.149 e. The van der Waals surface area contributed by atoms with Crippen molar-refractivity contribution in [3.8, 4) is 0 Å². The Kier molecular flexibility index (Phi) is 4.75. The first-order valence-electron chi connectivity index (χ1n) is 9.32. The molecular weight excluding hydrogens is 330 g/mol. The van der Waals surface area contributed by atoms with E-state index in [2.05, 4.69) is 101 Å². The summed E-state index contributed by atoms with van der Waals surface area (Å²) >= 11 is 0. The zero-order valence-electron chi connectivity index (χ0n) is 15.4. The van der Waals surface area contributed by atoms with Gasteiger partial charge in [-0.05, 0) is 23.1 Å². The Labute approximate surface area is 160 Å². The van der Waals surface area contributed by atoms with E-state index in [0.29, 0.717) is 0 Å². The second kappa shape index (κ2) is 7.50. The summed E-state index contributed by atoms with van der Waals surface area (Å²) in [6.45, 7) is 2.12. The quantitative estimate of drug-likeness (QED) is 0.457. The molecule has 0 aliphatic heterocycles. The molecule has 3 nitrogen and oxygen atoms in total. The van der Waals surface area contributed by atoms with E-state index in [-0.39, 0.29) is 0 Å². The third kappa shape index (κ3) is 3.24. The molecule has 1 aromatic heterocycles. The first-order chi connectivity index (χ1) is 13.3. The first kappa shape index (κ1) is 17.1. The Morgan fingerprint density at radius 2 is 1.19 bits per heavy atom. The molecular formula is C24H23N3. The van der Waals surface area contributed by atoms with E-state index >= 15 is 0 Å². The Morgan fingerprint density at radius 1 is 0.741 bits per heavy atom. The minimum Gasteiger partial charge on any atom is -0.351 e. The minimum absolute atomic E-state index is 0.538. The molecule has 0 unspecified atom stereocenters. The molecule has 0 amide bonds. The van der Waals surface area contributed by atoms with Gasteiger partial charge in [0.1, 0.15) is 11.4 Å². The maximum absolute atomic E-state index is 4.51. The second-order valence-electron chi connectivity index (χ2n) is 6.61. The van der Waals surface area contributed by atoms with Gasteiger partial charge >= 0.3 is 0 Å². The summed E-state index contributed by atoms with van der Waals surface area (Å²) in [5.41, 5.74) is 4.08. The number of rotatable bonds is 6. The fraction of sp³-hybridized carbons (Fsp3) is 0.125. The van der Waals surface area contributed by atoms with Crippen molar-refractivity contribution in [2.45, 2.75) is 18.9 Å². The molecule has 0 saturated carbocycles. The van der Waals surface area contributed by atoms with Crippen molar-refractivity contribution in [1.29, 1.82) is 0 Å². The number of H-pyrrole nitrogens is 1. The van der Waals surface area contributed by atoms with Crippen molar-refractivity contribution >= 4 is 5.82 Å². The van der Waals surface area contributed by atoms with Crippen molar-refractivity contribution in [3.63, 3.8) is 0 Å². The van der Waals surface area contributed by atoms with E-state index in [0.717, 1.165) is 17.9 Å². The van der Waals surface area contributed by atoms with Crippen LogP contribution in [0, 0.1) is 0 Å². The molecule has 4 rings (SSSR count). The molecule has 0 radical (unpaired) electrons. The van der Waals surface area contributed by atoms with Crippen LogP contribution in [0.15, 0.2) is 97.1 Å². The van der Waals surface area contributed by atoms with Crippen LogP contribution in [0.5, 0.6) is 0 Å². The predicted molar refractivity (Wildman–Crippen MR) is 111 cm³/mol. The molecule has 1 heterocycles. The normalized spacial score (nSPS) is 11.3. The molecule has 4 aromatic rings. The predicted octanol–water partition coefficient (Wildman–Crippen LogP) is 5.38. The van der Waals surface area contributed by atoms with Gasteiger partial charge in [0.2, 0.25) is 0 Å². The van der Waals surface area contributed by atoms with Gasteiger partial charge in [-0.25, -0.2) is 0 Å². The van der Waals surface area contributed by atoms with Gasteiger partial charge in [-0.3, -0.25) is 5.10 Å². The summed E-state index contributed by atoms with van der Waals surface area (Å²) in [6.07, 6.45) is 0.920. The number of aromatic amines is 1. The average molecular weight is 353 g/mol. The fourth-order valence-electron chi connectivity index (χ4n) is 3.58. The SMILES string of the molecule is CCc1cc(NC(c2ccccc2)(c2ccccc2)c2ccccc2)n[nH]1. The number of hydrogen-bond donors (Lipinski definition) is 2.